The van der Waals surface area contributed by atoms with Gasteiger partial charge in [0, 0.05) is 22.9 Å². The second kappa shape index (κ2) is 12.1. The molecule has 4 N–H and O–H groups in total. The Labute approximate surface area is 252 Å². The lowest BCUT2D eigenvalue weighted by molar-refractivity contribution is -0.0648. The summed E-state index contributed by atoms with van der Waals surface area (Å²) in [6, 6.07) is 9.03. The van der Waals surface area contributed by atoms with E-state index in [9.17, 15) is 22.9 Å². The highest BCUT2D eigenvalue weighted by Gasteiger charge is 2.32. The van der Waals surface area contributed by atoms with E-state index >= 15 is 0 Å². The maximum atomic E-state index is 14.9. The normalized spacial score (nSPS) is 16.0. The van der Waals surface area contributed by atoms with Crippen molar-refractivity contribution < 1.29 is 33.1 Å². The van der Waals surface area contributed by atoms with Crippen LogP contribution < -0.4 is 5.14 Å². The Morgan fingerprint density at radius 2 is 2.00 bits per heavy atom. The van der Waals surface area contributed by atoms with Crippen molar-refractivity contribution in [1.82, 2.24) is 14.8 Å². The molecular weight excluding hydrogens is 598 g/mol. The van der Waals surface area contributed by atoms with E-state index < -0.39 is 28.6 Å². The SMILES string of the molecule is CC1(C#Cc2cc(-c3nn(-c4nc(C(=O)O)cs4)c(CC4CC4)c3Cc3ccc([SH+](N)=O)c(F)c3)ccc2F)COC1.[OH-]. The molecule has 2 aliphatic rings. The first-order valence-corrected chi connectivity index (χ1v) is 15.5. The van der Waals surface area contributed by atoms with E-state index in [0.29, 0.717) is 47.5 Å². The van der Waals surface area contributed by atoms with Crippen LogP contribution in [0.1, 0.15) is 52.6 Å². The average molecular weight is 627 g/mol. The first kappa shape index (κ1) is 30.7. The molecule has 13 heteroatoms. The molecule has 1 unspecified atom stereocenters. The molecule has 1 saturated carbocycles. The Morgan fingerprint density at radius 1 is 1.23 bits per heavy atom. The summed E-state index contributed by atoms with van der Waals surface area (Å²) in [4.78, 5) is 15.8. The number of aromatic nitrogens is 3. The molecular formula is C30H28F2N4O5S2. The third-order valence-corrected chi connectivity index (χ3v) is 9.03. The summed E-state index contributed by atoms with van der Waals surface area (Å²) in [5, 5.41) is 21.7. The lowest BCUT2D eigenvalue weighted by Gasteiger charge is -2.32. The molecule has 1 aliphatic heterocycles. The number of ether oxygens (including phenoxy) is 1. The van der Waals surface area contributed by atoms with Gasteiger partial charge in [-0.25, -0.2) is 23.2 Å². The predicted molar refractivity (Wildman–Crippen MR) is 157 cm³/mol. The number of nitrogens with two attached hydrogens (primary N) is 1. The number of hydrogen-bond donors (Lipinski definition) is 2. The molecule has 1 atom stereocenters. The van der Waals surface area contributed by atoms with E-state index in [1.54, 1.807) is 22.9 Å². The minimum absolute atomic E-state index is 0. The Balaban J connectivity index is 0.00000368. The Hall–Kier alpha value is -3.80. The second-order valence-electron chi connectivity index (χ2n) is 10.9. The number of thiol groups is 1. The maximum absolute atomic E-state index is 14.9. The predicted octanol–water partition coefficient (Wildman–Crippen LogP) is 4.66. The van der Waals surface area contributed by atoms with Crippen LogP contribution in [0, 0.1) is 34.8 Å². The first-order valence-electron chi connectivity index (χ1n) is 13.3. The summed E-state index contributed by atoms with van der Waals surface area (Å²) in [6.45, 7) is 2.93. The van der Waals surface area contributed by atoms with Gasteiger partial charge in [-0.05, 0) is 68.0 Å². The molecule has 0 bridgehead atoms. The zero-order valence-electron chi connectivity index (χ0n) is 23.0. The number of nitrogens with zero attached hydrogens (tertiary/aromatic N) is 3. The number of aromatic carboxylic acids is 1. The van der Waals surface area contributed by atoms with Crippen LogP contribution in [-0.2, 0) is 32.8 Å². The average Bonchev–Trinajstić information content (AvgIpc) is 3.49. The van der Waals surface area contributed by atoms with Crippen molar-refractivity contribution in [3.05, 3.63) is 81.5 Å². The number of benzene rings is 2. The van der Waals surface area contributed by atoms with Crippen LogP contribution in [-0.4, -0.2) is 44.5 Å². The van der Waals surface area contributed by atoms with Gasteiger partial charge in [-0.2, -0.15) is 5.10 Å². The highest BCUT2D eigenvalue weighted by Crippen LogP contribution is 2.38. The van der Waals surface area contributed by atoms with Gasteiger partial charge in [-0.15, -0.1) is 16.5 Å². The molecule has 3 heterocycles. The standard InChI is InChI=1S/C30H26F2N4O4S2.H2O/c1-30(15-40-16-30)9-8-19-13-20(5-6-22(19)31)27-21(10-18-4-7-26(42(33)39)23(32)11-18)25(12-17-2-3-17)36(35-27)29-34-24(14-41-29)28(37)38;/h4-7,11,13-14,17H,2-3,10,12,15-16H2,1H3,(H2,33,39)(H,37,38);1H2. The highest BCUT2D eigenvalue weighted by atomic mass is 32.2. The van der Waals surface area contributed by atoms with Crippen LogP contribution in [0.2, 0.25) is 0 Å². The maximum Gasteiger partial charge on any atom is 0.355 e. The van der Waals surface area contributed by atoms with Gasteiger partial charge in [0.25, 0.3) is 0 Å². The van der Waals surface area contributed by atoms with Crippen molar-refractivity contribution in [2.75, 3.05) is 13.2 Å². The number of halogens is 2. The number of carboxylic acid groups (broad SMARTS) is 1. The van der Waals surface area contributed by atoms with Gasteiger partial charge < -0.3 is 15.3 Å². The van der Waals surface area contributed by atoms with Gasteiger partial charge in [0.1, 0.15) is 5.82 Å². The van der Waals surface area contributed by atoms with E-state index in [2.05, 4.69) is 16.8 Å². The summed E-state index contributed by atoms with van der Waals surface area (Å²) >= 11 is 1.16. The van der Waals surface area contributed by atoms with E-state index in [4.69, 9.17) is 15.0 Å². The Kier molecular flexibility index (Phi) is 8.60. The van der Waals surface area contributed by atoms with Crippen molar-refractivity contribution in [2.45, 2.75) is 37.5 Å². The zero-order valence-corrected chi connectivity index (χ0v) is 24.7. The number of carboxylic acids is 1. The summed E-state index contributed by atoms with van der Waals surface area (Å²) < 4.78 is 48.3. The van der Waals surface area contributed by atoms with E-state index in [0.717, 1.165) is 35.4 Å². The Morgan fingerprint density at radius 3 is 2.60 bits per heavy atom. The van der Waals surface area contributed by atoms with Crippen LogP contribution in [0.25, 0.3) is 16.4 Å². The largest absolute Gasteiger partial charge is 0.870 e. The fourth-order valence-electron chi connectivity index (χ4n) is 4.84. The lowest BCUT2D eigenvalue weighted by atomic mass is 9.89. The molecule has 2 fully saturated rings. The molecule has 0 spiro atoms. The smallest absolute Gasteiger partial charge is 0.355 e. The fraction of sp³-hybridized carbons (Fsp3) is 0.300. The van der Waals surface area contributed by atoms with Crippen molar-refractivity contribution in [3.63, 3.8) is 0 Å². The van der Waals surface area contributed by atoms with Crippen LogP contribution >= 0.6 is 11.3 Å². The monoisotopic (exact) mass is 626 g/mol. The Bertz CT molecular complexity index is 1800. The zero-order chi connectivity index (χ0) is 29.6. The number of hydrogen-bond acceptors (Lipinski definition) is 7. The molecule has 9 nitrogen and oxygen atoms in total. The molecule has 6 rings (SSSR count). The fourth-order valence-corrected chi connectivity index (χ4v) is 6.11. The number of carbonyl (C=O) groups is 1. The molecule has 1 saturated heterocycles. The molecule has 43 heavy (non-hydrogen) atoms. The minimum Gasteiger partial charge on any atom is -0.870 e. The lowest BCUT2D eigenvalue weighted by Crippen LogP contribution is -2.38. The summed E-state index contributed by atoms with van der Waals surface area (Å²) in [6.07, 6.45) is 3.01. The molecule has 0 radical (unpaired) electrons. The van der Waals surface area contributed by atoms with Gasteiger partial charge in [0.2, 0.25) is 10.0 Å². The third-order valence-electron chi connectivity index (χ3n) is 7.37. The molecule has 0 amide bonds. The van der Waals surface area contributed by atoms with Crippen molar-refractivity contribution in [3.8, 4) is 28.2 Å². The first-order chi connectivity index (χ1) is 20.1. The summed E-state index contributed by atoms with van der Waals surface area (Å²) in [5.41, 5.74) is 3.15. The van der Waals surface area contributed by atoms with Gasteiger partial charge >= 0.3 is 5.97 Å². The van der Waals surface area contributed by atoms with Crippen LogP contribution in [0.4, 0.5) is 8.78 Å². The van der Waals surface area contributed by atoms with Crippen molar-refractivity contribution in [2.24, 2.45) is 16.5 Å². The van der Waals surface area contributed by atoms with Crippen molar-refractivity contribution in [1.29, 1.82) is 0 Å². The van der Waals surface area contributed by atoms with Gasteiger partial charge in [-0.1, -0.05) is 22.1 Å². The third kappa shape index (κ3) is 6.43. The van der Waals surface area contributed by atoms with Crippen LogP contribution in [0.3, 0.4) is 0 Å². The molecule has 2 aromatic carbocycles. The van der Waals surface area contributed by atoms with E-state index in [-0.39, 0.29) is 33.5 Å². The molecule has 2 aromatic heterocycles. The van der Waals surface area contributed by atoms with Gasteiger partial charge in [-0.3, -0.25) is 0 Å². The quantitative estimate of drug-likeness (QED) is 0.164. The topological polar surface area (TPSA) is 150 Å². The van der Waals surface area contributed by atoms with Gasteiger partial charge in [0.15, 0.2) is 22.5 Å². The van der Waals surface area contributed by atoms with E-state index in [1.165, 1.54) is 23.6 Å². The van der Waals surface area contributed by atoms with Gasteiger partial charge in [0.05, 0.1) is 35.6 Å². The number of thiazole rings is 1. The summed E-state index contributed by atoms with van der Waals surface area (Å²) in [5.74, 6) is 4.24. The van der Waals surface area contributed by atoms with E-state index in [1.807, 2.05) is 6.92 Å². The molecule has 4 aromatic rings. The highest BCUT2D eigenvalue weighted by molar-refractivity contribution is 7.82. The molecule has 224 valence electrons. The number of rotatable bonds is 8. The second-order valence-corrected chi connectivity index (χ2v) is 12.9. The van der Waals surface area contributed by atoms with Crippen LogP contribution in [0.15, 0.2) is 46.7 Å². The molecule has 1 aliphatic carbocycles. The summed E-state index contributed by atoms with van der Waals surface area (Å²) in [7, 11) is -2.34. The van der Waals surface area contributed by atoms with Crippen LogP contribution in [0.5, 0.6) is 0 Å². The van der Waals surface area contributed by atoms with Crippen molar-refractivity contribution >= 4 is 28.3 Å². The minimum atomic E-state index is -2.34.